The predicted molar refractivity (Wildman–Crippen MR) is 117 cm³/mol. The maximum absolute atomic E-state index is 14.7. The van der Waals surface area contributed by atoms with Crippen molar-refractivity contribution >= 4 is 29.0 Å². The first-order valence-corrected chi connectivity index (χ1v) is 11.3. The van der Waals surface area contributed by atoms with E-state index in [0.717, 1.165) is 21.5 Å². The molecule has 0 fully saturated rings. The van der Waals surface area contributed by atoms with Crippen LogP contribution in [0, 0.1) is 5.92 Å². The van der Waals surface area contributed by atoms with Crippen molar-refractivity contribution in [1.29, 1.82) is 0 Å². The van der Waals surface area contributed by atoms with Crippen LogP contribution < -0.4 is 15.9 Å². The Morgan fingerprint density at radius 1 is 0.857 bits per heavy atom. The fourth-order valence-electron chi connectivity index (χ4n) is 3.52. The van der Waals surface area contributed by atoms with Gasteiger partial charge in [-0.25, -0.2) is 4.99 Å². The SMILES string of the molecule is CC(C)[C@H]1CN=C(c2ccccc2P(=O)(c2ccccc2)c2ccccc2)O1. The zero-order valence-corrected chi connectivity index (χ0v) is 17.1. The van der Waals surface area contributed by atoms with Crippen LogP contribution in [0.5, 0.6) is 0 Å². The van der Waals surface area contributed by atoms with Crippen LogP contribution >= 0.6 is 7.14 Å². The van der Waals surface area contributed by atoms with Gasteiger partial charge in [-0.15, -0.1) is 0 Å². The van der Waals surface area contributed by atoms with E-state index in [9.17, 15) is 4.57 Å². The third-order valence-electron chi connectivity index (χ3n) is 5.13. The summed E-state index contributed by atoms with van der Waals surface area (Å²) in [6.07, 6.45) is 0.0656. The Morgan fingerprint density at radius 3 is 1.93 bits per heavy atom. The van der Waals surface area contributed by atoms with Gasteiger partial charge in [-0.1, -0.05) is 92.7 Å². The maximum Gasteiger partial charge on any atom is 0.217 e. The lowest BCUT2D eigenvalue weighted by Gasteiger charge is -2.23. The molecule has 0 amide bonds. The van der Waals surface area contributed by atoms with E-state index in [1.54, 1.807) is 0 Å². The predicted octanol–water partition coefficient (Wildman–Crippen LogP) is 4.13. The highest BCUT2D eigenvalue weighted by molar-refractivity contribution is 7.85. The molecule has 4 rings (SSSR count). The third kappa shape index (κ3) is 3.31. The lowest BCUT2D eigenvalue weighted by Crippen LogP contribution is -2.30. The molecule has 28 heavy (non-hydrogen) atoms. The van der Waals surface area contributed by atoms with Gasteiger partial charge in [0.25, 0.3) is 0 Å². The standard InChI is InChI=1S/C24H24NO2P/c1-18(2)22-17-25-24(27-22)21-15-9-10-16-23(21)28(26,19-11-5-3-6-12-19)20-13-7-4-8-14-20/h3-16,18,22H,17H2,1-2H3/t22-/m1/s1. The number of rotatable bonds is 5. The molecule has 4 heteroatoms. The first kappa shape index (κ1) is 18.7. The van der Waals surface area contributed by atoms with Gasteiger partial charge in [0.15, 0.2) is 7.14 Å². The third-order valence-corrected chi connectivity index (χ3v) is 8.25. The van der Waals surface area contributed by atoms with E-state index in [-0.39, 0.29) is 6.10 Å². The molecule has 0 aromatic heterocycles. The topological polar surface area (TPSA) is 38.7 Å². The highest BCUT2D eigenvalue weighted by atomic mass is 31.2. The molecule has 0 radical (unpaired) electrons. The second kappa shape index (κ2) is 7.77. The molecular formula is C24H24NO2P. The van der Waals surface area contributed by atoms with E-state index in [1.165, 1.54) is 0 Å². The molecule has 3 nitrogen and oxygen atoms in total. The van der Waals surface area contributed by atoms with Crippen molar-refractivity contribution < 1.29 is 9.30 Å². The quantitative estimate of drug-likeness (QED) is 0.616. The fraction of sp³-hybridized carbons (Fsp3) is 0.208. The van der Waals surface area contributed by atoms with Gasteiger partial charge in [0.1, 0.15) is 6.10 Å². The minimum absolute atomic E-state index is 0.0656. The molecule has 1 atom stereocenters. The van der Waals surface area contributed by atoms with Crippen LogP contribution in [-0.2, 0) is 9.30 Å². The highest BCUT2D eigenvalue weighted by Crippen LogP contribution is 2.43. The van der Waals surface area contributed by atoms with Gasteiger partial charge in [0.05, 0.1) is 6.54 Å². The summed E-state index contributed by atoms with van der Waals surface area (Å²) in [4.78, 5) is 4.64. The van der Waals surface area contributed by atoms with E-state index in [1.807, 2.05) is 84.9 Å². The van der Waals surface area contributed by atoms with Crippen LogP contribution in [0.2, 0.25) is 0 Å². The zero-order chi connectivity index (χ0) is 19.6. The molecule has 1 heterocycles. The summed E-state index contributed by atoms with van der Waals surface area (Å²) >= 11 is 0. The number of hydrogen-bond donors (Lipinski definition) is 0. The van der Waals surface area contributed by atoms with E-state index in [2.05, 4.69) is 18.8 Å². The summed E-state index contributed by atoms with van der Waals surface area (Å²) in [7, 11) is -3.07. The summed E-state index contributed by atoms with van der Waals surface area (Å²) in [5, 5.41) is 2.40. The van der Waals surface area contributed by atoms with Crippen LogP contribution in [0.25, 0.3) is 0 Å². The van der Waals surface area contributed by atoms with Crippen LogP contribution in [0.3, 0.4) is 0 Å². The number of nitrogens with zero attached hydrogens (tertiary/aromatic N) is 1. The molecule has 0 saturated carbocycles. The molecule has 0 N–H and O–H groups in total. The van der Waals surface area contributed by atoms with E-state index in [4.69, 9.17) is 4.74 Å². The second-order valence-electron chi connectivity index (χ2n) is 7.34. The Kier molecular flexibility index (Phi) is 5.19. The summed E-state index contributed by atoms with van der Waals surface area (Å²) in [6.45, 7) is 4.91. The van der Waals surface area contributed by atoms with Crippen LogP contribution in [0.1, 0.15) is 19.4 Å². The zero-order valence-electron chi connectivity index (χ0n) is 16.2. The van der Waals surface area contributed by atoms with Crippen molar-refractivity contribution in [3.63, 3.8) is 0 Å². The number of benzene rings is 3. The Hall–Kier alpha value is -2.64. The summed E-state index contributed by atoms with van der Waals surface area (Å²) in [6, 6.07) is 27.2. The van der Waals surface area contributed by atoms with Gasteiger partial charge in [-0.3, -0.25) is 0 Å². The Morgan fingerprint density at radius 2 is 1.39 bits per heavy atom. The first-order valence-electron chi connectivity index (χ1n) is 9.63. The van der Waals surface area contributed by atoms with Crippen molar-refractivity contribution in [2.24, 2.45) is 10.9 Å². The minimum Gasteiger partial charge on any atom is -0.472 e. The number of ether oxygens (including phenoxy) is 1. The Labute approximate surface area is 166 Å². The first-order chi connectivity index (χ1) is 13.6. The van der Waals surface area contributed by atoms with E-state index < -0.39 is 7.14 Å². The van der Waals surface area contributed by atoms with Gasteiger partial charge in [0.2, 0.25) is 5.90 Å². The average molecular weight is 389 g/mol. The Bertz CT molecular complexity index is 985. The van der Waals surface area contributed by atoms with Crippen molar-refractivity contribution in [1.82, 2.24) is 0 Å². The Balaban J connectivity index is 1.89. The fourth-order valence-corrected chi connectivity index (χ4v) is 6.36. The highest BCUT2D eigenvalue weighted by Gasteiger charge is 2.34. The van der Waals surface area contributed by atoms with Crippen molar-refractivity contribution in [2.45, 2.75) is 20.0 Å². The summed E-state index contributed by atoms with van der Waals surface area (Å²) in [5.41, 5.74) is 0.821. The van der Waals surface area contributed by atoms with Crippen molar-refractivity contribution in [3.05, 3.63) is 90.5 Å². The second-order valence-corrected chi connectivity index (χ2v) is 10.1. The van der Waals surface area contributed by atoms with Gasteiger partial charge in [0, 0.05) is 21.5 Å². The summed E-state index contributed by atoms with van der Waals surface area (Å²) < 4.78 is 20.8. The largest absolute Gasteiger partial charge is 0.472 e. The molecule has 142 valence electrons. The maximum atomic E-state index is 14.7. The van der Waals surface area contributed by atoms with Gasteiger partial charge >= 0.3 is 0 Å². The lowest BCUT2D eigenvalue weighted by atomic mass is 10.1. The van der Waals surface area contributed by atoms with E-state index in [0.29, 0.717) is 18.4 Å². The van der Waals surface area contributed by atoms with E-state index >= 15 is 0 Å². The molecule has 0 saturated heterocycles. The van der Waals surface area contributed by atoms with Gasteiger partial charge in [-0.2, -0.15) is 0 Å². The molecule has 3 aromatic rings. The van der Waals surface area contributed by atoms with Crippen LogP contribution in [-0.4, -0.2) is 18.5 Å². The molecule has 0 aliphatic carbocycles. The molecular weight excluding hydrogens is 365 g/mol. The molecule has 1 aliphatic heterocycles. The number of aliphatic imine (C=N–C) groups is 1. The minimum atomic E-state index is -3.07. The van der Waals surface area contributed by atoms with Crippen LogP contribution in [0.4, 0.5) is 0 Å². The van der Waals surface area contributed by atoms with Gasteiger partial charge in [-0.05, 0) is 12.0 Å². The molecule has 0 spiro atoms. The van der Waals surface area contributed by atoms with Crippen molar-refractivity contribution in [3.8, 4) is 0 Å². The van der Waals surface area contributed by atoms with Gasteiger partial charge < -0.3 is 9.30 Å². The molecule has 3 aromatic carbocycles. The smallest absolute Gasteiger partial charge is 0.217 e. The van der Waals surface area contributed by atoms with Crippen molar-refractivity contribution in [2.75, 3.05) is 6.54 Å². The normalized spacial score (nSPS) is 16.7. The average Bonchev–Trinajstić information content (AvgIpc) is 3.25. The number of hydrogen-bond acceptors (Lipinski definition) is 3. The van der Waals surface area contributed by atoms with Crippen LogP contribution in [0.15, 0.2) is 89.9 Å². The molecule has 0 bridgehead atoms. The monoisotopic (exact) mass is 389 g/mol. The molecule has 0 unspecified atom stereocenters. The molecule has 1 aliphatic rings. The lowest BCUT2D eigenvalue weighted by molar-refractivity contribution is 0.172. The summed E-state index contributed by atoms with van der Waals surface area (Å²) in [5.74, 6) is 0.977.